The highest BCUT2D eigenvalue weighted by molar-refractivity contribution is 6.16. The van der Waals surface area contributed by atoms with Gasteiger partial charge in [0.1, 0.15) is 0 Å². The van der Waals surface area contributed by atoms with Crippen molar-refractivity contribution in [1.29, 1.82) is 0 Å². The highest BCUT2D eigenvalue weighted by Crippen LogP contribution is 2.21. The Bertz CT molecular complexity index is 1280. The van der Waals surface area contributed by atoms with Gasteiger partial charge in [0.15, 0.2) is 0 Å². The van der Waals surface area contributed by atoms with E-state index in [1.807, 2.05) is 97.1 Å². The molecule has 0 amide bonds. The van der Waals surface area contributed by atoms with Gasteiger partial charge in [-0.05, 0) is 36.4 Å². The second kappa shape index (κ2) is 10.3. The third-order valence-corrected chi connectivity index (χ3v) is 5.38. The third kappa shape index (κ3) is 5.01. The Balaban J connectivity index is 1.57. The average Bonchev–Trinajstić information content (AvgIpc) is 2.93. The minimum absolute atomic E-state index is 0.857. The molecule has 0 aromatic heterocycles. The summed E-state index contributed by atoms with van der Waals surface area (Å²) < 4.78 is 0. The first-order valence-electron chi connectivity index (χ1n) is 11.2. The first-order chi connectivity index (χ1) is 16.9. The summed E-state index contributed by atoms with van der Waals surface area (Å²) in [6.45, 7) is 0. The minimum Gasteiger partial charge on any atom is -0.248 e. The van der Waals surface area contributed by atoms with Crippen molar-refractivity contribution < 1.29 is 0 Å². The van der Waals surface area contributed by atoms with Crippen molar-refractivity contribution >= 4 is 22.8 Å². The molecule has 0 fully saturated rings. The molecule has 0 aliphatic carbocycles. The van der Waals surface area contributed by atoms with E-state index < -0.39 is 0 Å². The first-order valence-corrected chi connectivity index (χ1v) is 11.2. The quantitative estimate of drug-likeness (QED) is 0.246. The average molecular weight is 435 g/mol. The maximum absolute atomic E-state index is 4.97. The van der Waals surface area contributed by atoms with Crippen LogP contribution in [0.5, 0.6) is 0 Å². The molecule has 0 saturated carbocycles. The minimum atomic E-state index is 0.857. The standard InChI is InChI=1S/C32H22N2/c1-5-13-25(14-6-1)31(33-29-17-9-3-10-18-29)27-21-23-28(24-22-27)32(26-15-7-2-8-16-26)34-30-19-11-4-12-20-30/h1-7,9-15,17-24H/b33-31+,34-32+. The Hall–Kier alpha value is -4.74. The van der Waals surface area contributed by atoms with Gasteiger partial charge in [0, 0.05) is 16.7 Å². The lowest BCUT2D eigenvalue weighted by molar-refractivity contribution is 1.46. The van der Waals surface area contributed by atoms with Crippen LogP contribution in [0.3, 0.4) is 0 Å². The molecule has 5 aromatic rings. The van der Waals surface area contributed by atoms with Crippen LogP contribution in [-0.4, -0.2) is 11.4 Å². The monoisotopic (exact) mass is 434 g/mol. The highest BCUT2D eigenvalue weighted by atomic mass is 14.8. The van der Waals surface area contributed by atoms with Gasteiger partial charge in [-0.2, -0.15) is 0 Å². The van der Waals surface area contributed by atoms with Crippen molar-refractivity contribution in [2.45, 2.75) is 0 Å². The number of rotatable bonds is 6. The fraction of sp³-hybridized carbons (Fsp3) is 0. The molecule has 160 valence electrons. The van der Waals surface area contributed by atoms with Crippen molar-refractivity contribution in [2.75, 3.05) is 0 Å². The Labute approximate surface area is 200 Å². The fourth-order valence-electron chi connectivity index (χ4n) is 3.71. The summed E-state index contributed by atoms with van der Waals surface area (Å²) in [5.74, 6) is 0. The maximum Gasteiger partial charge on any atom is 0.0865 e. The molecule has 0 spiro atoms. The number of nitrogens with zero attached hydrogens (tertiary/aromatic N) is 2. The number of para-hydroxylation sites is 2. The van der Waals surface area contributed by atoms with Crippen LogP contribution >= 0.6 is 0 Å². The van der Waals surface area contributed by atoms with Gasteiger partial charge in [0.05, 0.1) is 28.4 Å². The number of hydrogen-bond acceptors (Lipinski definition) is 2. The van der Waals surface area contributed by atoms with E-state index in [4.69, 9.17) is 9.98 Å². The topological polar surface area (TPSA) is 24.7 Å². The van der Waals surface area contributed by atoms with Crippen molar-refractivity contribution in [3.63, 3.8) is 0 Å². The van der Waals surface area contributed by atoms with Crippen LogP contribution in [0.25, 0.3) is 0 Å². The Morgan fingerprint density at radius 2 is 0.912 bits per heavy atom. The summed E-state index contributed by atoms with van der Waals surface area (Å²) in [6.07, 6.45) is 0. The largest absolute Gasteiger partial charge is 0.248 e. The van der Waals surface area contributed by atoms with Gasteiger partial charge in [0.2, 0.25) is 0 Å². The van der Waals surface area contributed by atoms with Gasteiger partial charge in [-0.1, -0.05) is 109 Å². The van der Waals surface area contributed by atoms with Crippen molar-refractivity contribution in [3.05, 3.63) is 168 Å². The molecule has 0 saturated heterocycles. The molecule has 0 aliphatic heterocycles. The second-order valence-electron chi connectivity index (χ2n) is 7.74. The second-order valence-corrected chi connectivity index (χ2v) is 7.74. The van der Waals surface area contributed by atoms with Gasteiger partial charge >= 0.3 is 0 Å². The molecular formula is C32H22N2. The van der Waals surface area contributed by atoms with Crippen LogP contribution in [-0.2, 0) is 0 Å². The van der Waals surface area contributed by atoms with Crippen molar-refractivity contribution in [2.24, 2.45) is 9.98 Å². The Morgan fingerprint density at radius 3 is 1.44 bits per heavy atom. The van der Waals surface area contributed by atoms with Crippen LogP contribution in [0.2, 0.25) is 0 Å². The lowest BCUT2D eigenvalue weighted by Gasteiger charge is -2.10. The Kier molecular flexibility index (Phi) is 6.37. The van der Waals surface area contributed by atoms with E-state index in [1.165, 1.54) is 0 Å². The zero-order valence-electron chi connectivity index (χ0n) is 18.6. The van der Waals surface area contributed by atoms with Crippen molar-refractivity contribution in [1.82, 2.24) is 0 Å². The summed E-state index contributed by atoms with van der Waals surface area (Å²) in [4.78, 5) is 9.91. The van der Waals surface area contributed by atoms with E-state index in [-0.39, 0.29) is 0 Å². The van der Waals surface area contributed by atoms with Crippen LogP contribution < -0.4 is 0 Å². The zero-order chi connectivity index (χ0) is 23.0. The van der Waals surface area contributed by atoms with E-state index in [9.17, 15) is 0 Å². The molecule has 0 atom stereocenters. The fourth-order valence-corrected chi connectivity index (χ4v) is 3.71. The summed E-state index contributed by atoms with van der Waals surface area (Å²) in [5, 5.41) is 0. The summed E-state index contributed by atoms with van der Waals surface area (Å²) in [7, 11) is 0. The highest BCUT2D eigenvalue weighted by Gasteiger charge is 2.11. The van der Waals surface area contributed by atoms with Crippen LogP contribution in [0, 0.1) is 12.1 Å². The smallest absolute Gasteiger partial charge is 0.0865 e. The predicted molar refractivity (Wildman–Crippen MR) is 140 cm³/mol. The molecule has 5 aromatic carbocycles. The molecule has 2 nitrogen and oxygen atoms in total. The molecule has 2 heteroatoms. The predicted octanol–water partition coefficient (Wildman–Crippen LogP) is 7.63. The van der Waals surface area contributed by atoms with Gasteiger partial charge < -0.3 is 0 Å². The number of hydrogen-bond donors (Lipinski definition) is 0. The number of benzene rings is 4. The van der Waals surface area contributed by atoms with Crippen LogP contribution in [0.15, 0.2) is 143 Å². The molecule has 0 aliphatic rings. The maximum atomic E-state index is 4.97. The molecule has 0 unspecified atom stereocenters. The molecule has 0 bridgehead atoms. The van der Waals surface area contributed by atoms with Gasteiger partial charge in [-0.25, -0.2) is 9.98 Å². The molecular weight excluding hydrogens is 412 g/mol. The van der Waals surface area contributed by atoms with Gasteiger partial charge in [-0.15, -0.1) is 0 Å². The van der Waals surface area contributed by atoms with Gasteiger partial charge in [-0.3, -0.25) is 0 Å². The van der Waals surface area contributed by atoms with Gasteiger partial charge in [0.25, 0.3) is 0 Å². The third-order valence-electron chi connectivity index (χ3n) is 5.38. The van der Waals surface area contributed by atoms with E-state index in [2.05, 4.69) is 48.5 Å². The molecule has 5 rings (SSSR count). The normalized spacial score (nSPS) is 11.6. The summed E-state index contributed by atoms with van der Waals surface area (Å²) in [6, 6.07) is 50.8. The molecule has 0 N–H and O–H groups in total. The lowest BCUT2D eigenvalue weighted by Crippen LogP contribution is -2.06. The van der Waals surface area contributed by atoms with Crippen molar-refractivity contribution in [3.8, 4) is 0 Å². The molecule has 34 heavy (non-hydrogen) atoms. The SMILES string of the molecule is c1cccc(/C(=N\c2ccccc2)c2ccc(/C(=N/c3ccccc3)c3ccccc3)cc2)c#1. The Morgan fingerprint density at radius 1 is 0.441 bits per heavy atom. The van der Waals surface area contributed by atoms with E-state index >= 15 is 0 Å². The summed E-state index contributed by atoms with van der Waals surface area (Å²) in [5.41, 5.74) is 7.64. The van der Waals surface area contributed by atoms with E-state index in [0.717, 1.165) is 45.1 Å². The van der Waals surface area contributed by atoms with Crippen LogP contribution in [0.1, 0.15) is 22.3 Å². The first kappa shape index (κ1) is 21.1. The van der Waals surface area contributed by atoms with E-state index in [0.29, 0.717) is 0 Å². The zero-order valence-corrected chi connectivity index (χ0v) is 18.6. The van der Waals surface area contributed by atoms with Crippen LogP contribution in [0.4, 0.5) is 11.4 Å². The molecule has 0 radical (unpaired) electrons. The lowest BCUT2D eigenvalue weighted by atomic mass is 9.97. The van der Waals surface area contributed by atoms with E-state index in [1.54, 1.807) is 0 Å². The number of aliphatic imine (C=N–C) groups is 2. The summed E-state index contributed by atoms with van der Waals surface area (Å²) >= 11 is 0. The molecule has 0 heterocycles.